The minimum Gasteiger partial charge on any atom is -0.496 e. The van der Waals surface area contributed by atoms with E-state index in [4.69, 9.17) is 28.6 Å². The summed E-state index contributed by atoms with van der Waals surface area (Å²) in [6.45, 7) is 3.81. The third kappa shape index (κ3) is 4.23. The van der Waals surface area contributed by atoms with Gasteiger partial charge in [-0.3, -0.25) is 4.79 Å². The number of methoxy groups -OCH3 is 1. The lowest BCUT2D eigenvalue weighted by molar-refractivity contribution is -0.113. The Morgan fingerprint density at radius 3 is 2.56 bits per heavy atom. The molecule has 3 rings (SSSR count). The molecule has 27 heavy (non-hydrogen) atoms. The van der Waals surface area contributed by atoms with E-state index in [0.717, 1.165) is 16.9 Å². The first-order valence-electron chi connectivity index (χ1n) is 8.39. The number of allylic oxidation sites excluding steroid dienone is 1. The fourth-order valence-corrected chi connectivity index (χ4v) is 3.39. The van der Waals surface area contributed by atoms with E-state index in [1.807, 2.05) is 32.0 Å². The van der Waals surface area contributed by atoms with Crippen molar-refractivity contribution in [3.8, 4) is 5.75 Å². The minimum atomic E-state index is -0.388. The highest BCUT2D eigenvalue weighted by atomic mass is 35.5. The first kappa shape index (κ1) is 19.2. The third-order valence-corrected chi connectivity index (χ3v) is 4.85. The number of hydrogen-bond acceptors (Lipinski definition) is 3. The standard InChI is InChI=1S/C20H20ClN3O2S/c1-11-4-5-13(10-16(11)26-3)18-17(12(2)22-20(27)24-18)19(25)23-15-8-6-14(21)7-9-15/h4-10,18H,1-3H3,(H,23,25)(H2,22,24,27). The molecule has 140 valence electrons. The van der Waals surface area contributed by atoms with E-state index >= 15 is 0 Å². The van der Waals surface area contributed by atoms with Crippen LogP contribution in [0.25, 0.3) is 0 Å². The van der Waals surface area contributed by atoms with Gasteiger partial charge in [-0.25, -0.2) is 0 Å². The van der Waals surface area contributed by atoms with Crippen LogP contribution in [0.1, 0.15) is 24.1 Å². The maximum Gasteiger partial charge on any atom is 0.255 e. The Morgan fingerprint density at radius 2 is 1.89 bits per heavy atom. The van der Waals surface area contributed by atoms with Gasteiger partial charge >= 0.3 is 0 Å². The van der Waals surface area contributed by atoms with Crippen molar-refractivity contribution in [2.75, 3.05) is 12.4 Å². The van der Waals surface area contributed by atoms with Gasteiger partial charge in [-0.1, -0.05) is 23.7 Å². The first-order chi connectivity index (χ1) is 12.9. The predicted molar refractivity (Wildman–Crippen MR) is 112 cm³/mol. The molecule has 1 aliphatic heterocycles. The van der Waals surface area contributed by atoms with Crippen LogP contribution < -0.4 is 20.7 Å². The summed E-state index contributed by atoms with van der Waals surface area (Å²) in [5.41, 5.74) is 3.84. The summed E-state index contributed by atoms with van der Waals surface area (Å²) in [5.74, 6) is 0.538. The number of nitrogens with one attached hydrogen (secondary N) is 3. The molecule has 0 saturated heterocycles. The number of ether oxygens (including phenoxy) is 1. The van der Waals surface area contributed by atoms with Crippen LogP contribution in [0.3, 0.4) is 0 Å². The quantitative estimate of drug-likeness (QED) is 0.673. The van der Waals surface area contributed by atoms with Crippen LogP contribution >= 0.6 is 23.8 Å². The number of halogens is 1. The van der Waals surface area contributed by atoms with Gasteiger partial charge in [-0.15, -0.1) is 0 Å². The van der Waals surface area contributed by atoms with Crippen LogP contribution in [0.15, 0.2) is 53.7 Å². The lowest BCUT2D eigenvalue weighted by Crippen LogP contribution is -2.45. The van der Waals surface area contributed by atoms with Crippen LogP contribution in [-0.4, -0.2) is 18.1 Å². The molecule has 1 aliphatic rings. The van der Waals surface area contributed by atoms with Crippen LogP contribution in [-0.2, 0) is 4.79 Å². The average molecular weight is 402 g/mol. The SMILES string of the molecule is COc1cc(C2NC(=S)NC(C)=C2C(=O)Nc2ccc(Cl)cc2)ccc1C. The van der Waals surface area contributed by atoms with Crippen LogP contribution in [0.2, 0.25) is 5.02 Å². The second kappa shape index (κ2) is 7.98. The number of aryl methyl sites for hydroxylation is 1. The highest BCUT2D eigenvalue weighted by Gasteiger charge is 2.30. The van der Waals surface area contributed by atoms with Crippen LogP contribution in [0.4, 0.5) is 5.69 Å². The highest BCUT2D eigenvalue weighted by molar-refractivity contribution is 7.80. The van der Waals surface area contributed by atoms with Crippen molar-refractivity contribution in [3.05, 3.63) is 69.9 Å². The molecule has 2 aromatic carbocycles. The molecular weight excluding hydrogens is 382 g/mol. The summed E-state index contributed by atoms with van der Waals surface area (Å²) in [5, 5.41) is 10.2. The molecule has 7 heteroatoms. The molecule has 1 amide bonds. The Bertz CT molecular complexity index is 925. The number of carbonyl (C=O) groups excluding carboxylic acids is 1. The molecule has 0 fully saturated rings. The maximum absolute atomic E-state index is 13.0. The predicted octanol–water partition coefficient (Wildman–Crippen LogP) is 4.09. The third-order valence-electron chi connectivity index (χ3n) is 4.38. The average Bonchev–Trinajstić information content (AvgIpc) is 2.63. The van der Waals surface area contributed by atoms with E-state index in [0.29, 0.717) is 27.1 Å². The van der Waals surface area contributed by atoms with E-state index in [2.05, 4.69) is 16.0 Å². The second-order valence-electron chi connectivity index (χ2n) is 6.26. The Hall–Kier alpha value is -2.57. The van der Waals surface area contributed by atoms with Crippen molar-refractivity contribution in [2.45, 2.75) is 19.9 Å². The zero-order valence-electron chi connectivity index (χ0n) is 15.2. The molecule has 0 radical (unpaired) electrons. The normalized spacial score (nSPS) is 16.4. The van der Waals surface area contributed by atoms with Gasteiger partial charge in [0.25, 0.3) is 5.91 Å². The molecule has 2 aromatic rings. The molecule has 0 aromatic heterocycles. The molecule has 3 N–H and O–H groups in total. The Morgan fingerprint density at radius 1 is 1.19 bits per heavy atom. The minimum absolute atomic E-state index is 0.220. The van der Waals surface area contributed by atoms with E-state index in [-0.39, 0.29) is 11.9 Å². The smallest absolute Gasteiger partial charge is 0.255 e. The molecule has 0 spiro atoms. The van der Waals surface area contributed by atoms with Crippen molar-refractivity contribution < 1.29 is 9.53 Å². The van der Waals surface area contributed by atoms with Gasteiger partial charge in [-0.05, 0) is 67.5 Å². The lowest BCUT2D eigenvalue weighted by atomic mass is 9.94. The molecule has 1 atom stereocenters. The number of thiocarbonyl (C=S) groups is 1. The van der Waals surface area contributed by atoms with Gasteiger partial charge in [0.15, 0.2) is 5.11 Å². The van der Waals surface area contributed by atoms with Gasteiger partial charge in [-0.2, -0.15) is 0 Å². The van der Waals surface area contributed by atoms with E-state index in [9.17, 15) is 4.79 Å². The van der Waals surface area contributed by atoms with Gasteiger partial charge < -0.3 is 20.7 Å². The van der Waals surface area contributed by atoms with Crippen LogP contribution in [0, 0.1) is 6.92 Å². The molecule has 0 aliphatic carbocycles. The summed E-state index contributed by atoms with van der Waals surface area (Å²) in [6.07, 6.45) is 0. The summed E-state index contributed by atoms with van der Waals surface area (Å²) in [6, 6.07) is 12.4. The highest BCUT2D eigenvalue weighted by Crippen LogP contribution is 2.31. The first-order valence-corrected chi connectivity index (χ1v) is 9.17. The second-order valence-corrected chi connectivity index (χ2v) is 7.10. The molecular formula is C20H20ClN3O2S. The molecule has 1 unspecified atom stereocenters. The van der Waals surface area contributed by atoms with Crippen molar-refractivity contribution in [1.82, 2.24) is 10.6 Å². The van der Waals surface area contributed by atoms with Crippen molar-refractivity contribution in [1.29, 1.82) is 0 Å². The summed E-state index contributed by atoms with van der Waals surface area (Å²) in [7, 11) is 1.63. The van der Waals surface area contributed by atoms with Gasteiger partial charge in [0, 0.05) is 16.4 Å². The molecule has 0 saturated carbocycles. The van der Waals surface area contributed by atoms with Crippen molar-refractivity contribution in [3.63, 3.8) is 0 Å². The van der Waals surface area contributed by atoms with E-state index < -0.39 is 0 Å². The number of carbonyl (C=O) groups is 1. The lowest BCUT2D eigenvalue weighted by Gasteiger charge is -2.30. The topological polar surface area (TPSA) is 62.4 Å². The summed E-state index contributed by atoms with van der Waals surface area (Å²) < 4.78 is 5.43. The summed E-state index contributed by atoms with van der Waals surface area (Å²) in [4.78, 5) is 13.0. The zero-order valence-corrected chi connectivity index (χ0v) is 16.8. The van der Waals surface area contributed by atoms with Gasteiger partial charge in [0.2, 0.25) is 0 Å². The monoisotopic (exact) mass is 401 g/mol. The molecule has 0 bridgehead atoms. The fraction of sp³-hybridized carbons (Fsp3) is 0.200. The maximum atomic E-state index is 13.0. The van der Waals surface area contributed by atoms with Gasteiger partial charge in [0.05, 0.1) is 18.7 Å². The number of rotatable bonds is 4. The summed E-state index contributed by atoms with van der Waals surface area (Å²) >= 11 is 11.2. The van der Waals surface area contributed by atoms with Crippen LogP contribution in [0.5, 0.6) is 5.75 Å². The fourth-order valence-electron chi connectivity index (χ4n) is 2.99. The van der Waals surface area contributed by atoms with Crippen molar-refractivity contribution in [2.24, 2.45) is 0 Å². The van der Waals surface area contributed by atoms with E-state index in [1.54, 1.807) is 31.4 Å². The largest absolute Gasteiger partial charge is 0.496 e. The van der Waals surface area contributed by atoms with E-state index in [1.165, 1.54) is 0 Å². The molecule has 5 nitrogen and oxygen atoms in total. The van der Waals surface area contributed by atoms with Crippen molar-refractivity contribution >= 4 is 40.5 Å². The number of hydrogen-bond donors (Lipinski definition) is 3. The number of amides is 1. The number of benzene rings is 2. The Balaban J connectivity index is 1.96. The molecule has 1 heterocycles. The Labute approximate surface area is 168 Å². The van der Waals surface area contributed by atoms with Gasteiger partial charge in [0.1, 0.15) is 5.75 Å². The zero-order chi connectivity index (χ0) is 19.6. The number of anilines is 1. The Kier molecular flexibility index (Phi) is 5.68.